The van der Waals surface area contributed by atoms with Crippen molar-refractivity contribution >= 4 is 27.3 Å². The van der Waals surface area contributed by atoms with Crippen LogP contribution in [0.1, 0.15) is 5.56 Å². The number of hydrazine groups is 2. The normalized spacial score (nSPS) is 10.7. The lowest BCUT2D eigenvalue weighted by Crippen LogP contribution is -2.37. The number of sulfonamides is 1. The van der Waals surface area contributed by atoms with E-state index in [9.17, 15) is 13.2 Å². The fourth-order valence-corrected chi connectivity index (χ4v) is 4.39. The van der Waals surface area contributed by atoms with Crippen molar-refractivity contribution in [2.75, 3.05) is 9.42 Å². The van der Waals surface area contributed by atoms with Crippen LogP contribution in [0, 0.1) is 11.8 Å². The van der Waals surface area contributed by atoms with Gasteiger partial charge in [-0.05, 0) is 59.7 Å². The zero-order chi connectivity index (χ0) is 24.8. The van der Waals surface area contributed by atoms with Gasteiger partial charge in [0.05, 0.1) is 16.3 Å². The Labute approximate surface area is 204 Å². The number of carbonyl (C=O) groups is 1. The van der Waals surface area contributed by atoms with Crippen molar-refractivity contribution < 1.29 is 13.2 Å². The first-order valence-electron chi connectivity index (χ1n) is 10.6. The Morgan fingerprint density at radius 3 is 1.80 bits per heavy atom. The van der Waals surface area contributed by atoms with E-state index in [-0.39, 0.29) is 10.6 Å². The Bertz CT molecular complexity index is 1480. The van der Waals surface area contributed by atoms with E-state index < -0.39 is 15.9 Å². The van der Waals surface area contributed by atoms with Crippen LogP contribution in [0.2, 0.25) is 0 Å². The standard InChI is InChI=1S/C27H22N4O3S/c28-30(24-9-5-2-6-10-24)27(32)20-13-21-11-16-25(17-12-21)31(29)35(33,34)26-18-14-23(15-19-26)22-7-3-1-4-8-22/h1-12,14-19H,28-29H2. The fourth-order valence-electron chi connectivity index (χ4n) is 3.29. The van der Waals surface area contributed by atoms with E-state index in [0.717, 1.165) is 16.1 Å². The number of nitrogens with zero attached hydrogens (tertiary/aromatic N) is 2. The molecule has 0 radical (unpaired) electrons. The summed E-state index contributed by atoms with van der Waals surface area (Å²) in [6, 6.07) is 31.1. The van der Waals surface area contributed by atoms with Gasteiger partial charge in [0.15, 0.2) is 0 Å². The highest BCUT2D eigenvalue weighted by atomic mass is 32.2. The molecule has 0 saturated carbocycles. The highest BCUT2D eigenvalue weighted by molar-refractivity contribution is 7.92. The van der Waals surface area contributed by atoms with Crippen LogP contribution in [-0.4, -0.2) is 14.3 Å². The van der Waals surface area contributed by atoms with Gasteiger partial charge in [-0.2, -0.15) is 8.42 Å². The van der Waals surface area contributed by atoms with Crippen LogP contribution in [-0.2, 0) is 14.8 Å². The summed E-state index contributed by atoms with van der Waals surface area (Å²) in [7, 11) is -3.97. The molecule has 174 valence electrons. The third kappa shape index (κ3) is 5.39. The summed E-state index contributed by atoms with van der Waals surface area (Å²) in [4.78, 5) is 12.3. The summed E-state index contributed by atoms with van der Waals surface area (Å²) in [6.07, 6.45) is 0. The highest BCUT2D eigenvalue weighted by Crippen LogP contribution is 2.24. The number of amides is 1. The Kier molecular flexibility index (Phi) is 6.94. The molecule has 0 spiro atoms. The van der Waals surface area contributed by atoms with Gasteiger partial charge in [0.2, 0.25) is 0 Å². The van der Waals surface area contributed by atoms with E-state index in [1.54, 1.807) is 48.5 Å². The Morgan fingerprint density at radius 1 is 0.657 bits per heavy atom. The minimum Gasteiger partial charge on any atom is -0.257 e. The molecular formula is C27H22N4O3S. The number of hydrogen-bond acceptors (Lipinski definition) is 5. The first kappa shape index (κ1) is 23.7. The summed E-state index contributed by atoms with van der Waals surface area (Å²) >= 11 is 0. The lowest BCUT2D eigenvalue weighted by atomic mass is 10.1. The van der Waals surface area contributed by atoms with Crippen molar-refractivity contribution in [1.82, 2.24) is 0 Å². The van der Waals surface area contributed by atoms with Crippen molar-refractivity contribution in [3.63, 3.8) is 0 Å². The van der Waals surface area contributed by atoms with Crippen LogP contribution in [0.5, 0.6) is 0 Å². The number of rotatable bonds is 5. The van der Waals surface area contributed by atoms with Gasteiger partial charge >= 0.3 is 5.91 Å². The van der Waals surface area contributed by atoms with Gasteiger partial charge in [-0.1, -0.05) is 66.6 Å². The minimum atomic E-state index is -3.97. The molecule has 8 heteroatoms. The maximum absolute atomic E-state index is 13.0. The molecule has 4 aromatic rings. The first-order valence-corrected chi connectivity index (χ1v) is 12.0. The molecule has 0 aromatic heterocycles. The second kappa shape index (κ2) is 10.2. The summed E-state index contributed by atoms with van der Waals surface area (Å²) in [5.41, 5.74) is 3.15. The molecule has 0 heterocycles. The molecule has 7 nitrogen and oxygen atoms in total. The van der Waals surface area contributed by atoms with Crippen LogP contribution < -0.4 is 21.1 Å². The quantitative estimate of drug-likeness (QED) is 0.195. The summed E-state index contributed by atoms with van der Waals surface area (Å²) < 4.78 is 26.7. The predicted molar refractivity (Wildman–Crippen MR) is 137 cm³/mol. The summed E-state index contributed by atoms with van der Waals surface area (Å²) in [5, 5.41) is 0.957. The second-order valence-electron chi connectivity index (χ2n) is 7.50. The van der Waals surface area contributed by atoms with Crippen LogP contribution in [0.4, 0.5) is 11.4 Å². The first-order chi connectivity index (χ1) is 16.9. The third-order valence-electron chi connectivity index (χ3n) is 5.21. The molecule has 0 unspecified atom stereocenters. The van der Waals surface area contributed by atoms with Gasteiger partial charge in [0, 0.05) is 11.5 Å². The molecule has 0 aliphatic rings. The van der Waals surface area contributed by atoms with E-state index in [1.165, 1.54) is 24.3 Å². The Morgan fingerprint density at radius 2 is 1.20 bits per heavy atom. The zero-order valence-corrected chi connectivity index (χ0v) is 19.4. The molecule has 4 aromatic carbocycles. The van der Waals surface area contributed by atoms with Gasteiger partial charge in [0.1, 0.15) is 0 Å². The molecule has 0 bridgehead atoms. The maximum atomic E-state index is 13.0. The molecule has 1 amide bonds. The van der Waals surface area contributed by atoms with E-state index in [1.807, 2.05) is 36.4 Å². The minimum absolute atomic E-state index is 0.0677. The third-order valence-corrected chi connectivity index (χ3v) is 6.80. The zero-order valence-electron chi connectivity index (χ0n) is 18.6. The number of carbonyl (C=O) groups excluding carboxylic acids is 1. The largest absolute Gasteiger partial charge is 0.317 e. The number of anilines is 2. The molecule has 0 atom stereocenters. The van der Waals surface area contributed by atoms with Crippen LogP contribution in [0.25, 0.3) is 11.1 Å². The number of nitrogens with two attached hydrogens (primary N) is 2. The smallest absolute Gasteiger partial charge is 0.257 e. The van der Waals surface area contributed by atoms with Crippen molar-refractivity contribution in [3.8, 4) is 23.0 Å². The average Bonchev–Trinajstić information content (AvgIpc) is 2.92. The van der Waals surface area contributed by atoms with Crippen molar-refractivity contribution in [2.45, 2.75) is 4.90 Å². The predicted octanol–water partition coefficient (Wildman–Crippen LogP) is 3.68. The molecule has 35 heavy (non-hydrogen) atoms. The lowest BCUT2D eigenvalue weighted by molar-refractivity contribution is -0.113. The van der Waals surface area contributed by atoms with Gasteiger partial charge in [0.25, 0.3) is 10.0 Å². The van der Waals surface area contributed by atoms with E-state index in [0.29, 0.717) is 15.7 Å². The van der Waals surface area contributed by atoms with Gasteiger partial charge in [-0.25, -0.2) is 21.1 Å². The van der Waals surface area contributed by atoms with E-state index in [4.69, 9.17) is 11.7 Å². The topological polar surface area (TPSA) is 110 Å². The van der Waals surface area contributed by atoms with Crippen LogP contribution in [0.3, 0.4) is 0 Å². The van der Waals surface area contributed by atoms with Gasteiger partial charge in [-0.15, -0.1) is 0 Å². The number of hydrogen-bond donors (Lipinski definition) is 2. The fraction of sp³-hybridized carbons (Fsp3) is 0. The van der Waals surface area contributed by atoms with E-state index in [2.05, 4.69) is 11.8 Å². The highest BCUT2D eigenvalue weighted by Gasteiger charge is 2.22. The average molecular weight is 483 g/mol. The molecule has 0 saturated heterocycles. The summed E-state index contributed by atoms with van der Waals surface area (Å²) in [6.45, 7) is 0. The van der Waals surface area contributed by atoms with Crippen molar-refractivity contribution in [3.05, 3.63) is 115 Å². The SMILES string of the molecule is NN(C(=O)C#Cc1ccc(N(N)S(=O)(=O)c2ccc(-c3ccccc3)cc2)cc1)c1ccccc1. The summed E-state index contributed by atoms with van der Waals surface area (Å²) in [5.74, 6) is 16.4. The van der Waals surface area contributed by atoms with E-state index >= 15 is 0 Å². The molecule has 4 rings (SSSR count). The number of benzene rings is 4. The lowest BCUT2D eigenvalue weighted by Gasteiger charge is -2.19. The molecular weight excluding hydrogens is 460 g/mol. The number of para-hydroxylation sites is 1. The Balaban J connectivity index is 1.47. The van der Waals surface area contributed by atoms with Gasteiger partial charge < -0.3 is 0 Å². The molecule has 4 N–H and O–H groups in total. The van der Waals surface area contributed by atoms with Crippen molar-refractivity contribution in [1.29, 1.82) is 0 Å². The molecule has 0 aliphatic carbocycles. The van der Waals surface area contributed by atoms with Crippen molar-refractivity contribution in [2.24, 2.45) is 11.7 Å². The van der Waals surface area contributed by atoms with Gasteiger partial charge in [-0.3, -0.25) is 4.79 Å². The monoisotopic (exact) mass is 482 g/mol. The molecule has 0 aliphatic heterocycles. The Hall–Kier alpha value is -4.42. The molecule has 0 fully saturated rings. The maximum Gasteiger partial charge on any atom is 0.317 e. The second-order valence-corrected chi connectivity index (χ2v) is 9.31. The van der Waals surface area contributed by atoms with Crippen LogP contribution >= 0.6 is 0 Å². The van der Waals surface area contributed by atoms with Crippen LogP contribution in [0.15, 0.2) is 114 Å².